The molecule has 32 heavy (non-hydrogen) atoms. The highest BCUT2D eigenvalue weighted by Gasteiger charge is 2.23. The summed E-state index contributed by atoms with van der Waals surface area (Å²) in [5, 5.41) is 2.45. The second-order valence-corrected chi connectivity index (χ2v) is 8.22. The minimum atomic E-state index is -0.623. The maximum absolute atomic E-state index is 14.5. The van der Waals surface area contributed by atoms with E-state index in [9.17, 15) is 14.0 Å². The van der Waals surface area contributed by atoms with Crippen LogP contribution in [0.25, 0.3) is 0 Å². The third-order valence-electron chi connectivity index (χ3n) is 5.97. The maximum Gasteiger partial charge on any atom is 0.269 e. The van der Waals surface area contributed by atoms with Crippen LogP contribution >= 0.6 is 0 Å². The molecule has 1 aromatic carbocycles. The Morgan fingerprint density at radius 1 is 1.16 bits per heavy atom. The van der Waals surface area contributed by atoms with Crippen molar-refractivity contribution >= 4 is 28.8 Å². The number of aliphatic imine (C=N–C) groups is 1. The topological polar surface area (TPSA) is 77.9 Å². The fourth-order valence-electron chi connectivity index (χ4n) is 4.23. The summed E-state index contributed by atoms with van der Waals surface area (Å²) in [4.78, 5) is 36.6. The summed E-state index contributed by atoms with van der Waals surface area (Å²) < 4.78 is 14.5. The minimum absolute atomic E-state index is 0.0735. The number of hydrogen-bond acceptors (Lipinski definition) is 6. The fraction of sp³-hybridized carbons (Fsp3) is 0.417. The number of nitrogens with zero attached hydrogens (tertiary/aromatic N) is 4. The van der Waals surface area contributed by atoms with E-state index in [4.69, 9.17) is 0 Å². The van der Waals surface area contributed by atoms with Crippen molar-refractivity contribution < 1.29 is 14.0 Å². The van der Waals surface area contributed by atoms with Crippen LogP contribution in [0.3, 0.4) is 0 Å². The molecule has 0 spiro atoms. The van der Waals surface area contributed by atoms with Gasteiger partial charge in [-0.25, -0.2) is 9.98 Å². The monoisotopic (exact) mass is 437 g/mol. The average Bonchev–Trinajstić information content (AvgIpc) is 2.80. The summed E-state index contributed by atoms with van der Waals surface area (Å²) in [6.07, 6.45) is 2.07. The molecular weight excluding hydrogens is 409 g/mol. The third-order valence-corrected chi connectivity index (χ3v) is 5.97. The SMILES string of the molecule is CCCC1=Nc2ccc(CN3CCN(c4ccc(C(=O)NC)nc4F)CC3)cc2CC1=O. The molecule has 1 amide bonds. The van der Waals surface area contributed by atoms with Gasteiger partial charge in [0.05, 0.1) is 17.1 Å². The lowest BCUT2D eigenvalue weighted by molar-refractivity contribution is -0.112. The Bertz CT molecular complexity index is 1060. The largest absolute Gasteiger partial charge is 0.365 e. The number of halogens is 1. The van der Waals surface area contributed by atoms with Crippen molar-refractivity contribution in [2.24, 2.45) is 4.99 Å². The molecule has 0 atom stereocenters. The van der Waals surface area contributed by atoms with Crippen molar-refractivity contribution in [3.63, 3.8) is 0 Å². The fourth-order valence-corrected chi connectivity index (χ4v) is 4.23. The Hall–Kier alpha value is -3.13. The Morgan fingerprint density at radius 2 is 1.94 bits per heavy atom. The van der Waals surface area contributed by atoms with Crippen LogP contribution in [-0.2, 0) is 17.8 Å². The summed E-state index contributed by atoms with van der Waals surface area (Å²) in [5.41, 5.74) is 4.24. The Balaban J connectivity index is 1.37. The van der Waals surface area contributed by atoms with Crippen molar-refractivity contribution in [1.82, 2.24) is 15.2 Å². The van der Waals surface area contributed by atoms with Gasteiger partial charge in [-0.3, -0.25) is 14.5 Å². The Kier molecular flexibility index (Phi) is 6.60. The first-order valence-electron chi connectivity index (χ1n) is 11.1. The van der Waals surface area contributed by atoms with E-state index in [-0.39, 0.29) is 11.5 Å². The zero-order chi connectivity index (χ0) is 22.7. The molecule has 1 aromatic heterocycles. The van der Waals surface area contributed by atoms with E-state index in [2.05, 4.69) is 39.2 Å². The van der Waals surface area contributed by atoms with Gasteiger partial charge in [0.25, 0.3) is 5.91 Å². The standard InChI is InChI=1S/C24H28FN5O2/c1-3-4-19-22(31)14-17-13-16(5-6-18(17)27-19)15-29-9-11-30(12-10-29)21-8-7-20(24(32)26-2)28-23(21)25/h5-8,13H,3-4,9-12,14-15H2,1-2H3,(H,26,32). The summed E-state index contributed by atoms with van der Waals surface area (Å²) in [6, 6.07) is 9.35. The normalized spacial score (nSPS) is 16.5. The van der Waals surface area contributed by atoms with Crippen LogP contribution in [0, 0.1) is 5.95 Å². The molecule has 1 saturated heterocycles. The molecule has 8 heteroatoms. The number of piperazine rings is 1. The zero-order valence-electron chi connectivity index (χ0n) is 18.5. The molecule has 0 saturated carbocycles. The molecular formula is C24H28FN5O2. The van der Waals surface area contributed by atoms with E-state index in [1.165, 1.54) is 7.05 Å². The highest BCUT2D eigenvalue weighted by molar-refractivity contribution is 6.41. The van der Waals surface area contributed by atoms with Crippen molar-refractivity contribution in [2.75, 3.05) is 38.1 Å². The number of ketones is 1. The minimum Gasteiger partial charge on any atom is -0.365 e. The number of amides is 1. The molecule has 2 aromatic rings. The van der Waals surface area contributed by atoms with E-state index < -0.39 is 11.9 Å². The summed E-state index contributed by atoms with van der Waals surface area (Å²) in [6.45, 7) is 5.74. The first kappa shape index (κ1) is 22.1. The van der Waals surface area contributed by atoms with Gasteiger partial charge in [0.2, 0.25) is 5.95 Å². The van der Waals surface area contributed by atoms with Crippen LogP contribution < -0.4 is 10.2 Å². The molecule has 2 aliphatic heterocycles. The number of aromatic nitrogens is 1. The molecule has 7 nitrogen and oxygen atoms in total. The highest BCUT2D eigenvalue weighted by atomic mass is 19.1. The number of Topliss-reactive ketones (excluding diaryl/α,β-unsaturated/α-hetero) is 1. The van der Waals surface area contributed by atoms with Gasteiger partial charge in [0.1, 0.15) is 5.69 Å². The molecule has 1 fully saturated rings. The lowest BCUT2D eigenvalue weighted by atomic mass is 9.96. The zero-order valence-corrected chi connectivity index (χ0v) is 18.5. The van der Waals surface area contributed by atoms with Crippen molar-refractivity contribution in [2.45, 2.75) is 32.7 Å². The number of anilines is 1. The number of carbonyl (C=O) groups excluding carboxylic acids is 2. The summed E-state index contributed by atoms with van der Waals surface area (Å²) in [7, 11) is 1.49. The van der Waals surface area contributed by atoms with Gasteiger partial charge in [-0.2, -0.15) is 4.39 Å². The van der Waals surface area contributed by atoms with Gasteiger partial charge in [0, 0.05) is 46.2 Å². The Morgan fingerprint density at radius 3 is 2.62 bits per heavy atom. The predicted octanol–water partition coefficient (Wildman–Crippen LogP) is 2.90. The number of pyridine rings is 1. The number of carbonyl (C=O) groups is 2. The second-order valence-electron chi connectivity index (χ2n) is 8.22. The van der Waals surface area contributed by atoms with Crippen molar-refractivity contribution in [1.29, 1.82) is 0 Å². The van der Waals surface area contributed by atoms with Gasteiger partial charge < -0.3 is 10.2 Å². The predicted molar refractivity (Wildman–Crippen MR) is 122 cm³/mol. The van der Waals surface area contributed by atoms with E-state index in [1.807, 2.05) is 11.0 Å². The van der Waals surface area contributed by atoms with Crippen LogP contribution in [0.4, 0.5) is 15.8 Å². The maximum atomic E-state index is 14.5. The number of fused-ring (bicyclic) bond motifs is 1. The quantitative estimate of drug-likeness (QED) is 0.703. The van der Waals surface area contributed by atoms with Crippen LogP contribution in [-0.4, -0.2) is 60.5 Å². The molecule has 0 unspecified atom stereocenters. The molecule has 2 aliphatic rings. The Labute approximate surface area is 187 Å². The number of nitrogens with one attached hydrogen (secondary N) is 1. The number of hydrogen-bond donors (Lipinski definition) is 1. The smallest absolute Gasteiger partial charge is 0.269 e. The molecule has 4 rings (SSSR count). The van der Waals surface area contributed by atoms with Crippen LogP contribution in [0.5, 0.6) is 0 Å². The van der Waals surface area contributed by atoms with E-state index in [1.54, 1.807) is 12.1 Å². The lowest BCUT2D eigenvalue weighted by Crippen LogP contribution is -2.46. The number of rotatable bonds is 6. The summed E-state index contributed by atoms with van der Waals surface area (Å²) in [5.74, 6) is -0.899. The van der Waals surface area contributed by atoms with Gasteiger partial charge in [-0.15, -0.1) is 0 Å². The van der Waals surface area contributed by atoms with Gasteiger partial charge in [-0.1, -0.05) is 25.5 Å². The molecule has 0 radical (unpaired) electrons. The van der Waals surface area contributed by atoms with Gasteiger partial charge in [-0.05, 0) is 35.7 Å². The first-order chi connectivity index (χ1) is 15.5. The second kappa shape index (κ2) is 9.56. The summed E-state index contributed by atoms with van der Waals surface area (Å²) >= 11 is 0. The van der Waals surface area contributed by atoms with Crippen LogP contribution in [0.15, 0.2) is 35.3 Å². The van der Waals surface area contributed by atoms with Crippen LogP contribution in [0.1, 0.15) is 41.4 Å². The van der Waals surface area contributed by atoms with Gasteiger partial charge >= 0.3 is 0 Å². The van der Waals surface area contributed by atoms with Crippen molar-refractivity contribution in [3.05, 3.63) is 53.1 Å². The molecule has 1 N–H and O–H groups in total. The molecule has 0 aliphatic carbocycles. The molecule has 3 heterocycles. The number of benzene rings is 1. The third kappa shape index (κ3) is 4.70. The van der Waals surface area contributed by atoms with E-state index in [0.29, 0.717) is 30.9 Å². The first-order valence-corrected chi connectivity index (χ1v) is 11.1. The van der Waals surface area contributed by atoms with Gasteiger partial charge in [0.15, 0.2) is 5.78 Å². The van der Waals surface area contributed by atoms with Crippen molar-refractivity contribution in [3.8, 4) is 0 Å². The average molecular weight is 438 g/mol. The molecule has 168 valence electrons. The van der Waals surface area contributed by atoms with E-state index >= 15 is 0 Å². The van der Waals surface area contributed by atoms with Crippen LogP contribution in [0.2, 0.25) is 0 Å². The highest BCUT2D eigenvalue weighted by Crippen LogP contribution is 2.28. The lowest BCUT2D eigenvalue weighted by Gasteiger charge is -2.36. The molecule has 0 bridgehead atoms. The van der Waals surface area contributed by atoms with E-state index in [0.717, 1.165) is 49.3 Å².